The summed E-state index contributed by atoms with van der Waals surface area (Å²) in [5.41, 5.74) is 0.700. The molecule has 0 saturated carbocycles. The number of rotatable bonds is 13. The second-order valence-corrected chi connectivity index (χ2v) is 26.5. The third kappa shape index (κ3) is 18.7. The van der Waals surface area contributed by atoms with Crippen LogP contribution < -0.4 is 58.3 Å². The molecule has 5 bridgehead atoms. The van der Waals surface area contributed by atoms with Gasteiger partial charge in [-0.3, -0.25) is 62.3 Å². The summed E-state index contributed by atoms with van der Waals surface area (Å²) in [7, 11) is 0. The Morgan fingerprint density at radius 2 is 1.32 bits per heavy atom. The number of nitrogens with one attached hydrogen (secondary N) is 9. The Labute approximate surface area is 584 Å². The first-order valence-electron chi connectivity index (χ1n) is 32.7. The number of aliphatic hydroxyl groups is 8. The van der Waals surface area contributed by atoms with Crippen molar-refractivity contribution in [1.82, 2.24) is 47.9 Å². The first-order chi connectivity index (χ1) is 47.5. The molecule has 0 spiro atoms. The highest BCUT2D eigenvalue weighted by atomic mass is 16.7. The van der Waals surface area contributed by atoms with Crippen molar-refractivity contribution in [3.63, 3.8) is 0 Å². The molecule has 9 amide bonds. The predicted octanol–water partition coefficient (Wildman–Crippen LogP) is -5.84. The summed E-state index contributed by atoms with van der Waals surface area (Å²) in [6, 6.07) is -13.5. The fourth-order valence-electron chi connectivity index (χ4n) is 11.7. The monoisotopic (exact) mass is 1440 g/mol. The van der Waals surface area contributed by atoms with E-state index in [1.54, 1.807) is 26.1 Å². The number of phenolic OH excluding ortho intramolecular Hbond substituents is 1. The fraction of sp³-hybridized carbons (Fsp3) is 0.576. The van der Waals surface area contributed by atoms with Gasteiger partial charge < -0.3 is 114 Å². The van der Waals surface area contributed by atoms with E-state index in [1.807, 2.05) is 29.8 Å². The second-order valence-electron chi connectivity index (χ2n) is 26.5. The van der Waals surface area contributed by atoms with Gasteiger partial charge in [0.1, 0.15) is 65.3 Å². The lowest BCUT2D eigenvalue weighted by atomic mass is 9.72. The number of ether oxygens (including phenoxy) is 2. The van der Waals surface area contributed by atoms with Crippen molar-refractivity contribution in [1.29, 1.82) is 0 Å². The number of carboxylic acids is 1. The smallest absolute Gasteiger partial charge is 0.336 e. The van der Waals surface area contributed by atoms with Crippen LogP contribution in [0.4, 0.5) is 0 Å². The summed E-state index contributed by atoms with van der Waals surface area (Å²) in [5, 5.41) is 128. The summed E-state index contributed by atoms with van der Waals surface area (Å²) in [5.74, 6) is -29.8. The highest BCUT2D eigenvalue weighted by Crippen LogP contribution is 2.49. The molecule has 1 aliphatic carbocycles. The number of carbonyl (C=O) groups excluding carboxylic acids is 13. The van der Waals surface area contributed by atoms with Gasteiger partial charge in [0.05, 0.1) is 54.4 Å². The van der Waals surface area contributed by atoms with E-state index in [9.17, 15) is 109 Å². The lowest BCUT2D eigenvalue weighted by molar-refractivity contribution is -0.148. The predicted molar refractivity (Wildman–Crippen MR) is 351 cm³/mol. The van der Waals surface area contributed by atoms with E-state index >= 15 is 9.59 Å². The Hall–Kier alpha value is -9.56. The molecule has 5 aliphatic rings. The number of benzene rings is 1. The Kier molecular flexibility index (Phi) is 28.4. The zero-order chi connectivity index (χ0) is 77.2. The molecule has 1 aromatic carbocycles. The molecule has 4 heterocycles. The number of carbonyl (C=O) groups is 14. The maximum absolute atomic E-state index is 15.3. The van der Waals surface area contributed by atoms with E-state index in [0.29, 0.717) is 0 Å². The molecule has 1 saturated heterocycles. The molecule has 562 valence electrons. The average Bonchev–Trinajstić information content (AvgIpc) is 1.47. The van der Waals surface area contributed by atoms with Crippen molar-refractivity contribution in [2.75, 3.05) is 26.3 Å². The van der Waals surface area contributed by atoms with Crippen molar-refractivity contribution in [3.05, 3.63) is 69.8 Å². The van der Waals surface area contributed by atoms with Crippen LogP contribution in [0.2, 0.25) is 0 Å². The Morgan fingerprint density at radius 1 is 0.706 bits per heavy atom. The minimum atomic E-state index is -2.77. The van der Waals surface area contributed by atoms with Gasteiger partial charge in [-0.15, -0.1) is 0 Å². The number of phenols is 1. The molecule has 36 nitrogen and oxygen atoms in total. The summed E-state index contributed by atoms with van der Waals surface area (Å²) in [6.45, 7) is 13.1. The number of primary amides is 1. The van der Waals surface area contributed by atoms with Crippen LogP contribution in [0.3, 0.4) is 0 Å². The van der Waals surface area contributed by atoms with Crippen LogP contribution in [0.25, 0.3) is 0 Å². The van der Waals surface area contributed by atoms with Crippen LogP contribution in [0.1, 0.15) is 119 Å². The summed E-state index contributed by atoms with van der Waals surface area (Å²) in [4.78, 5) is 195. The molecule has 1 aromatic rings. The van der Waals surface area contributed by atoms with Crippen LogP contribution in [-0.2, 0) is 57.5 Å². The number of β-amino-alcohol motifs (C(OH)–C–C–N with tert-alkyl or cyclic N) is 1. The Morgan fingerprint density at radius 3 is 1.90 bits per heavy atom. The number of allylic oxidation sites excluding steroid dienone is 4. The Bertz CT molecular complexity index is 3610. The van der Waals surface area contributed by atoms with E-state index in [-0.39, 0.29) is 23.0 Å². The van der Waals surface area contributed by atoms with E-state index < -0.39 is 269 Å². The first kappa shape index (κ1) is 83.1. The lowest BCUT2D eigenvalue weighted by Crippen LogP contribution is -2.64. The van der Waals surface area contributed by atoms with E-state index in [4.69, 9.17) is 15.2 Å². The fourth-order valence-corrected chi connectivity index (χ4v) is 11.7. The average molecular weight is 1440 g/mol. The van der Waals surface area contributed by atoms with E-state index in [0.717, 1.165) is 27.0 Å². The number of hydrogen-bond acceptors (Lipinski definition) is 26. The number of aromatic hydroxyl groups is 1. The largest absolute Gasteiger partial charge is 0.507 e. The van der Waals surface area contributed by atoms with Gasteiger partial charge in [-0.05, 0) is 57.4 Å². The number of ketones is 4. The van der Waals surface area contributed by atoms with Crippen molar-refractivity contribution >= 4 is 82.3 Å². The quantitative estimate of drug-likeness (QED) is 0.0818. The van der Waals surface area contributed by atoms with Gasteiger partial charge in [-0.1, -0.05) is 66.7 Å². The molecular formula is C66H92N10O26. The van der Waals surface area contributed by atoms with Crippen LogP contribution in [0, 0.1) is 54.3 Å². The maximum Gasteiger partial charge on any atom is 0.336 e. The van der Waals surface area contributed by atoms with Gasteiger partial charge in [0.2, 0.25) is 53.1 Å². The van der Waals surface area contributed by atoms with Gasteiger partial charge in [-0.25, -0.2) is 4.79 Å². The van der Waals surface area contributed by atoms with Crippen LogP contribution in [0.5, 0.6) is 11.5 Å². The number of aliphatic carboxylic acids is 1. The van der Waals surface area contributed by atoms with E-state index in [2.05, 4.69) is 26.6 Å². The second kappa shape index (κ2) is 34.9. The number of nitrogens with two attached hydrogens (primary N) is 1. The minimum absolute atomic E-state index is 0.147. The number of Topliss-reactive ketones (excluding diaryl/α,β-unsaturated/α-hetero) is 4. The van der Waals surface area contributed by atoms with Crippen LogP contribution in [-0.4, -0.2) is 238 Å². The highest BCUT2D eigenvalue weighted by molar-refractivity contribution is 6.32. The molecule has 102 heavy (non-hydrogen) atoms. The van der Waals surface area contributed by atoms with Crippen LogP contribution in [0.15, 0.2) is 47.5 Å². The van der Waals surface area contributed by atoms with Gasteiger partial charge in [0, 0.05) is 61.3 Å². The van der Waals surface area contributed by atoms with Gasteiger partial charge in [0.25, 0.3) is 23.5 Å². The minimum Gasteiger partial charge on any atom is -0.507 e. The van der Waals surface area contributed by atoms with Crippen molar-refractivity contribution in [3.8, 4) is 11.5 Å². The molecular weight excluding hydrogens is 1350 g/mol. The maximum atomic E-state index is 15.3. The molecule has 11 unspecified atom stereocenters. The van der Waals surface area contributed by atoms with Gasteiger partial charge in [-0.2, -0.15) is 0 Å². The number of hydrogen-bond donors (Lipinski definition) is 20. The van der Waals surface area contributed by atoms with Crippen molar-refractivity contribution < 1.29 is 128 Å². The molecule has 4 aliphatic heterocycles. The van der Waals surface area contributed by atoms with Crippen molar-refractivity contribution in [2.24, 2.45) is 53.1 Å². The van der Waals surface area contributed by atoms with E-state index in [1.165, 1.54) is 52.0 Å². The third-order valence-corrected chi connectivity index (χ3v) is 18.9. The molecule has 1 fully saturated rings. The van der Waals surface area contributed by atoms with Gasteiger partial charge in [0.15, 0.2) is 11.9 Å². The first-order valence-corrected chi connectivity index (χ1v) is 32.7. The summed E-state index contributed by atoms with van der Waals surface area (Å²) < 4.78 is 12.0. The standard InChI is InChI=1S/C66H92N10O26/c1-23(2)34-18-37(80)36(22-78)72-60(94)35(71-64(98)46(65(99)100)76-61(95)38(81)20-69-62(96)42(32(11)79)73-63(97)45(75-59(34)93)52(87)53(88)56(67)90)19-68-58(92)31(10)70-43-44-51(86)40-39(50(43)85)41-54(30(9)49(40)84)102-66(12,55(41)89)101-17-16-33(21-77)27(6)26(5)28(7)48(83)29(8)47(82)24(3)14-13-15-25(4)57(91)74-44/h13-17,23-24,26-29,31-36,38,42,45-48,52-53,70,77-79,81-84,87-88H,18-22H2,1-12H3,(H2,67,90)(H,68,92)(H,69,96)(H,71,98)(H,72,94)(H,73,97)(H,74,91)(H,75,93)(H,76,95)(H,99,100)/b14-13+,17-16+,25-15-/t24-,26+,27-,28-,29+,31?,32?,33+,34?,35?,36?,38?,42?,45?,46?,47-,48-,52?,53?,66-/m0/s1. The molecule has 0 radical (unpaired) electrons. The molecule has 36 heteroatoms. The van der Waals surface area contributed by atoms with Crippen LogP contribution >= 0.6 is 0 Å². The number of fused-ring (bicyclic) bond motifs is 14. The topological polar surface area (TPSA) is 594 Å². The third-order valence-electron chi connectivity index (χ3n) is 18.9. The normalized spacial score (nSPS) is 31.9. The molecule has 20 atom stereocenters. The zero-order valence-electron chi connectivity index (χ0n) is 58.1. The SMILES string of the molecule is C/C1=C/C=C/[C@H](C)[C@H](O)[C@@H](C)[C@@H](O)[C@@H](C)[C@H](C)[C@H](C)[C@@H](CO)/C=C/O[C@@]2(C)Oc3c(C)c(O)c4c(c3C2=O)C(=O)C(NC(C)C(=O)NCC2NC(=O)C(C(=O)O)NC(=O)C(O)CNC(=O)C(C(C)O)NC(=O)C(C(O)C(O)C(N)=O)NC(=O)C(C(C)C)CC(=O)C(CO)NC2=O)=C(NC1=O)C4=O. The lowest BCUT2D eigenvalue weighted by Gasteiger charge is -2.37. The summed E-state index contributed by atoms with van der Waals surface area (Å²) >= 11 is 0. The molecule has 0 aromatic heterocycles. The number of amides is 9. The molecule has 21 N–H and O–H groups in total. The number of carboxylic acid groups (broad SMARTS) is 1. The van der Waals surface area contributed by atoms with Gasteiger partial charge >= 0.3 is 11.8 Å². The molecule has 6 rings (SSSR count). The summed E-state index contributed by atoms with van der Waals surface area (Å²) in [6.07, 6.45) is -6.03. The van der Waals surface area contributed by atoms with Crippen molar-refractivity contribution in [2.45, 2.75) is 168 Å². The Balaban J connectivity index is 1.60. The highest BCUT2D eigenvalue weighted by Gasteiger charge is 2.53. The number of aliphatic hydroxyl groups excluding tert-OH is 8. The zero-order valence-corrected chi connectivity index (χ0v) is 58.1.